The molecule has 0 spiro atoms. The van der Waals surface area contributed by atoms with E-state index in [1.165, 1.54) is 110 Å². The second-order valence-corrected chi connectivity index (χ2v) is 22.1. The highest BCUT2D eigenvalue weighted by Gasteiger charge is 2.59. The Morgan fingerprint density at radius 2 is 1.14 bits per heavy atom. The molecular weight excluding hydrogens is 1060 g/mol. The van der Waals surface area contributed by atoms with Crippen LogP contribution in [0.25, 0.3) is 11.0 Å². The number of nitrogens with two attached hydrogens (primary N) is 2. The fourth-order valence-electron chi connectivity index (χ4n) is 9.67. The highest BCUT2D eigenvalue weighted by atomic mass is 35.5. The number of phosphoric ester groups is 1. The number of aliphatic hydroxyl groups is 4. The zero-order valence-electron chi connectivity index (χ0n) is 43.3. The van der Waals surface area contributed by atoms with Gasteiger partial charge in [-0.3, -0.25) is 13.6 Å². The van der Waals surface area contributed by atoms with Crippen LogP contribution in [-0.2, 0) is 54.9 Å². The van der Waals surface area contributed by atoms with Crippen LogP contribution in [0.3, 0.4) is 0 Å². The average Bonchev–Trinajstić information content (AvgIpc) is 4.26. The lowest BCUT2D eigenvalue weighted by Crippen LogP contribution is -2.41. The zero-order valence-corrected chi connectivity index (χ0v) is 45.7. The van der Waals surface area contributed by atoms with E-state index < -0.39 is 81.6 Å². The molecule has 0 amide bonds. The average molecular weight is 1130 g/mol. The molecule has 2 aliphatic heterocycles. The van der Waals surface area contributed by atoms with E-state index in [2.05, 4.69) is 27.1 Å². The number of hydrogen-bond acceptors (Lipinski definition) is 20. The molecule has 420 valence electrons. The van der Waals surface area contributed by atoms with Crippen LogP contribution >= 0.6 is 31.0 Å². The van der Waals surface area contributed by atoms with Gasteiger partial charge in [-0.2, -0.15) is 20.7 Å². The molecular formula is C52H71Cl2N10O12P. The van der Waals surface area contributed by atoms with Crippen LogP contribution in [0, 0.1) is 22.7 Å². The summed E-state index contributed by atoms with van der Waals surface area (Å²) in [4.78, 5) is 7.91. The molecule has 5 aromatic rings. The number of phosphoric acid groups is 1. The van der Waals surface area contributed by atoms with Crippen molar-refractivity contribution in [3.05, 3.63) is 82.1 Å². The molecule has 0 unspecified atom stereocenters. The smallest absolute Gasteiger partial charge is 0.387 e. The van der Waals surface area contributed by atoms with Crippen molar-refractivity contribution in [2.24, 2.45) is 0 Å². The van der Waals surface area contributed by atoms with Crippen molar-refractivity contribution in [3.63, 3.8) is 0 Å². The van der Waals surface area contributed by atoms with E-state index in [0.717, 1.165) is 38.3 Å². The number of ether oxygens (including phenoxy) is 4. The quantitative estimate of drug-likeness (QED) is 0.0173. The molecule has 8 N–H and O–H groups in total. The van der Waals surface area contributed by atoms with E-state index >= 15 is 0 Å². The Bertz CT molecular complexity index is 2690. The van der Waals surface area contributed by atoms with E-state index in [4.69, 9.17) is 67.2 Å². The number of fused-ring (bicyclic) bond motifs is 2. The predicted octanol–water partition coefficient (Wildman–Crippen LogP) is 7.64. The molecule has 25 heteroatoms. The molecule has 0 aliphatic carbocycles. The van der Waals surface area contributed by atoms with Crippen molar-refractivity contribution < 1.29 is 57.5 Å². The fourth-order valence-corrected chi connectivity index (χ4v) is 11.2. The summed E-state index contributed by atoms with van der Waals surface area (Å²) in [7, 11) is -4.94. The Balaban J connectivity index is 1.01. The molecule has 0 bridgehead atoms. The van der Waals surface area contributed by atoms with Crippen LogP contribution in [0.5, 0.6) is 0 Å². The molecule has 6 heterocycles. The lowest BCUT2D eigenvalue weighted by Gasteiger charge is -2.26. The van der Waals surface area contributed by atoms with Crippen LogP contribution in [0.4, 0.5) is 11.6 Å². The van der Waals surface area contributed by atoms with Crippen molar-refractivity contribution in [2.75, 3.05) is 44.5 Å². The van der Waals surface area contributed by atoms with Crippen molar-refractivity contribution >= 4 is 53.7 Å². The molecule has 0 radical (unpaired) electrons. The first kappa shape index (κ1) is 60.1. The summed E-state index contributed by atoms with van der Waals surface area (Å²) >= 11 is 12.5. The summed E-state index contributed by atoms with van der Waals surface area (Å²) in [5.41, 5.74) is 8.83. The van der Waals surface area contributed by atoms with E-state index in [1.54, 1.807) is 18.2 Å². The Morgan fingerprint density at radius 3 is 1.60 bits per heavy atom. The van der Waals surface area contributed by atoms with Gasteiger partial charge in [0.15, 0.2) is 11.6 Å². The number of unbranched alkanes of at least 4 members (excludes halogenated alkanes) is 15. The predicted molar refractivity (Wildman–Crippen MR) is 284 cm³/mol. The van der Waals surface area contributed by atoms with E-state index in [9.17, 15) is 35.5 Å². The molecule has 9 atom stereocenters. The summed E-state index contributed by atoms with van der Waals surface area (Å²) < 4.78 is 59.5. The third kappa shape index (κ3) is 14.6. The van der Waals surface area contributed by atoms with Gasteiger partial charge in [0.2, 0.25) is 11.2 Å². The van der Waals surface area contributed by atoms with Gasteiger partial charge in [0.1, 0.15) is 78.6 Å². The fraction of sp³-hybridized carbons (Fsp3) is 0.615. The zero-order chi connectivity index (χ0) is 55.0. The van der Waals surface area contributed by atoms with Crippen LogP contribution in [-0.4, -0.2) is 125 Å². The first-order valence-electron chi connectivity index (χ1n) is 26.5. The van der Waals surface area contributed by atoms with Gasteiger partial charge in [0.05, 0.1) is 54.5 Å². The van der Waals surface area contributed by atoms with Gasteiger partial charge in [-0.05, 0) is 48.4 Å². The molecule has 0 saturated carbocycles. The van der Waals surface area contributed by atoms with Crippen molar-refractivity contribution in [1.82, 2.24) is 29.2 Å². The second kappa shape index (κ2) is 28.5. The summed E-state index contributed by atoms with van der Waals surface area (Å²) in [5, 5.41) is 75.6. The number of halogens is 2. The molecule has 4 aromatic heterocycles. The lowest BCUT2D eigenvalue weighted by atomic mass is 9.92. The first-order valence-corrected chi connectivity index (χ1v) is 28.7. The number of nitrogen functional groups attached to an aromatic ring is 2. The van der Waals surface area contributed by atoms with E-state index in [-0.39, 0.29) is 36.2 Å². The number of aromatic nitrogens is 6. The van der Waals surface area contributed by atoms with Crippen LogP contribution < -0.4 is 11.5 Å². The summed E-state index contributed by atoms with van der Waals surface area (Å²) in [6.45, 7) is 0.532. The highest BCUT2D eigenvalue weighted by Crippen LogP contribution is 2.52. The van der Waals surface area contributed by atoms with Crippen LogP contribution in [0.15, 0.2) is 55.1 Å². The maximum Gasteiger partial charge on any atom is 0.475 e. The Kier molecular flexibility index (Phi) is 22.2. The topological polar surface area (TPSA) is 323 Å². The summed E-state index contributed by atoms with van der Waals surface area (Å²) in [6.07, 6.45) is 10.6. The van der Waals surface area contributed by atoms with Crippen LogP contribution in [0.1, 0.15) is 127 Å². The summed E-state index contributed by atoms with van der Waals surface area (Å²) in [5.74, 6) is 0.146. The summed E-state index contributed by atoms with van der Waals surface area (Å²) in [6, 6.07) is 14.8. The van der Waals surface area contributed by atoms with Gasteiger partial charge >= 0.3 is 7.82 Å². The van der Waals surface area contributed by atoms with Gasteiger partial charge in [0, 0.05) is 6.61 Å². The van der Waals surface area contributed by atoms with Gasteiger partial charge in [-0.15, -0.1) is 0 Å². The largest absolute Gasteiger partial charge is 0.475 e. The van der Waals surface area contributed by atoms with Crippen molar-refractivity contribution in [3.8, 4) is 12.1 Å². The first-order chi connectivity index (χ1) is 37.2. The van der Waals surface area contributed by atoms with Gasteiger partial charge < -0.3 is 50.8 Å². The number of benzene rings is 1. The standard InChI is InChI=1S/C52H71Cl2N10O12P/c1-2-3-4-5-6-7-8-9-10-11-12-13-14-15-16-17-24-70-27-36(71-26-35-18-19-37(53)38(54)25-35)28-72-77(69,73-29-41-45(65)47(67)51(31-55,75-41)43-22-20-39-49(57)59-33-61-63(39)43)74-30-42-46(66)48(68)52(32-56,76-42)44-23-21-40-50(58)60-34-62-64(40)44/h18-23,25,33-34,36,41-42,45-48,65-68H,2-17,24,26-30H2,1H3,(H2,57,59,61)(H2,58,60,62)/t36-,41-,42-,45-,46-,47-,48-,51+,52+/m1/s1. The molecule has 1 aromatic carbocycles. The van der Waals surface area contributed by atoms with E-state index in [0.29, 0.717) is 33.2 Å². The normalized spacial score (nSPS) is 24.0. The van der Waals surface area contributed by atoms with E-state index in [1.807, 2.05) is 12.1 Å². The highest BCUT2D eigenvalue weighted by molar-refractivity contribution is 7.48. The number of hydrogen-bond donors (Lipinski definition) is 6. The van der Waals surface area contributed by atoms with Gasteiger partial charge in [-0.25, -0.2) is 23.6 Å². The number of rotatable bonds is 33. The molecule has 7 rings (SSSR count). The Labute approximate surface area is 458 Å². The SMILES string of the molecule is CCCCCCCCCCCCCCCCCCOC[C@H](COP(=O)(OC[C@H]1O[C@@](C#N)(c2ccc3c(N)ncnn23)[C@H](O)[C@@H]1O)OC[C@H]1O[C@@](C#N)(c2ccc3c(N)ncnn23)[C@H](O)[C@@H]1O)OCc1ccc(Cl)c(Cl)c1. The number of anilines is 2. The minimum absolute atomic E-state index is 0.00178. The lowest BCUT2D eigenvalue weighted by molar-refractivity contribution is -0.0802. The van der Waals surface area contributed by atoms with Crippen LogP contribution in [0.2, 0.25) is 10.0 Å². The number of aliphatic hydroxyl groups excluding tert-OH is 4. The monoisotopic (exact) mass is 1130 g/mol. The molecule has 2 saturated heterocycles. The van der Waals surface area contributed by atoms with Crippen molar-refractivity contribution in [2.45, 2.75) is 170 Å². The third-order valence-corrected chi connectivity index (χ3v) is 16.2. The maximum atomic E-state index is 15.0. The third-order valence-electron chi connectivity index (χ3n) is 14.1. The molecule has 22 nitrogen and oxygen atoms in total. The maximum absolute atomic E-state index is 15.0. The minimum atomic E-state index is -4.94. The molecule has 2 aliphatic rings. The van der Waals surface area contributed by atoms with Gasteiger partial charge in [-0.1, -0.05) is 133 Å². The van der Waals surface area contributed by atoms with Crippen molar-refractivity contribution in [1.29, 1.82) is 10.5 Å². The molecule has 77 heavy (non-hydrogen) atoms. The Hall–Kier alpha value is -4.59. The number of nitrogens with zero attached hydrogens (tertiary/aromatic N) is 8. The Morgan fingerprint density at radius 1 is 0.675 bits per heavy atom. The minimum Gasteiger partial charge on any atom is -0.387 e. The second-order valence-electron chi connectivity index (χ2n) is 19.6. The number of nitriles is 2. The van der Waals surface area contributed by atoms with Gasteiger partial charge in [0.25, 0.3) is 0 Å². The molecule has 2 fully saturated rings.